The summed E-state index contributed by atoms with van der Waals surface area (Å²) in [4.78, 5) is 38.5. The summed E-state index contributed by atoms with van der Waals surface area (Å²) in [7, 11) is 0. The van der Waals surface area contributed by atoms with Crippen molar-refractivity contribution in [3.63, 3.8) is 0 Å². The highest BCUT2D eigenvalue weighted by atomic mass is 35.5. The second kappa shape index (κ2) is 7.70. The average Bonchev–Trinajstić information content (AvgIpc) is 1.84. The second-order valence-electron chi connectivity index (χ2n) is 1.63. The Hall–Kier alpha value is -0.940. The molecule has 0 bridgehead atoms. The fraction of sp³-hybridized carbons (Fsp3) is 0.333. The van der Waals surface area contributed by atoms with Gasteiger partial charge >= 0.3 is 22.4 Å². The van der Waals surface area contributed by atoms with E-state index in [0.717, 1.165) is 0 Å². The highest BCUT2D eigenvalue weighted by molar-refractivity contribution is 6.97. The van der Waals surface area contributed by atoms with E-state index in [2.05, 4.69) is 27.9 Å². The fourth-order valence-corrected chi connectivity index (χ4v) is 0.202. The Bertz CT molecular complexity index is 211. The van der Waals surface area contributed by atoms with E-state index in [1.807, 2.05) is 0 Å². The van der Waals surface area contributed by atoms with Crippen molar-refractivity contribution in [3.8, 4) is 0 Å². The molecule has 74 valence electrons. The third-order valence-corrected chi connectivity index (χ3v) is 0.882. The number of halogens is 2. The largest absolute Gasteiger partial charge is 0.394 e. The summed E-state index contributed by atoms with van der Waals surface area (Å²) in [6.45, 7) is 2.36. The van der Waals surface area contributed by atoms with Gasteiger partial charge in [-0.25, -0.2) is 0 Å². The number of hydrogen-bond acceptors (Lipinski definition) is 5. The second-order valence-corrected chi connectivity index (χ2v) is 2.32. The summed E-state index contributed by atoms with van der Waals surface area (Å²) in [6.07, 6.45) is 0. The first kappa shape index (κ1) is 14.6. The van der Waals surface area contributed by atoms with Gasteiger partial charge in [-0.1, -0.05) is 0 Å². The summed E-state index contributed by atoms with van der Waals surface area (Å²) >= 11 is 8.98. The molecule has 0 atom stereocenters. The summed E-state index contributed by atoms with van der Waals surface area (Å²) in [5.74, 6) is -1.12. The van der Waals surface area contributed by atoms with Crippen LogP contribution in [0.5, 0.6) is 0 Å². The highest BCUT2D eigenvalue weighted by Gasteiger charge is 2.01. The molecule has 13 heavy (non-hydrogen) atoms. The Kier molecular flexibility index (Phi) is 8.63. The molecule has 0 spiro atoms. The molecule has 0 aliphatic heterocycles. The van der Waals surface area contributed by atoms with Crippen LogP contribution in [0.4, 0.5) is 0 Å². The van der Waals surface area contributed by atoms with E-state index < -0.39 is 22.4 Å². The Morgan fingerprint density at radius 1 is 0.846 bits per heavy atom. The summed E-state index contributed by atoms with van der Waals surface area (Å²) < 4.78 is 3.97. The number of carbonyl (C=O) groups excluding carboxylic acids is 4. The zero-order valence-electron chi connectivity index (χ0n) is 6.80. The molecule has 0 aromatic carbocycles. The molecule has 7 heteroatoms. The molecule has 0 rings (SSSR count). The molecule has 0 unspecified atom stereocenters. The van der Waals surface area contributed by atoms with Crippen LogP contribution in [-0.4, -0.2) is 22.4 Å². The predicted molar refractivity (Wildman–Crippen MR) is 44.2 cm³/mol. The number of hydrogen-bond donors (Lipinski definition) is 0. The summed E-state index contributed by atoms with van der Waals surface area (Å²) in [5, 5.41) is -2.28. The minimum absolute atomic E-state index is 0.562. The van der Waals surface area contributed by atoms with E-state index in [-0.39, 0.29) is 0 Å². The van der Waals surface area contributed by atoms with Crippen molar-refractivity contribution in [1.29, 1.82) is 0 Å². The normalized spacial score (nSPS) is 7.69. The van der Waals surface area contributed by atoms with Gasteiger partial charge in [0, 0.05) is 13.8 Å². The molecular formula is C6H6Cl2O5. The van der Waals surface area contributed by atoms with E-state index in [4.69, 9.17) is 0 Å². The molecule has 0 heterocycles. The van der Waals surface area contributed by atoms with Gasteiger partial charge in [0.2, 0.25) is 0 Å². The quantitative estimate of drug-likeness (QED) is 0.285. The maximum atomic E-state index is 9.81. The first-order valence-electron chi connectivity index (χ1n) is 2.85. The zero-order valence-corrected chi connectivity index (χ0v) is 8.31. The lowest BCUT2D eigenvalue weighted by Crippen LogP contribution is -2.03. The fourth-order valence-electron chi connectivity index (χ4n) is 0.202. The van der Waals surface area contributed by atoms with Crippen molar-refractivity contribution >= 4 is 45.6 Å². The zero-order chi connectivity index (χ0) is 11.0. The first-order chi connectivity index (χ1) is 5.77. The molecule has 0 aliphatic rings. The molecule has 0 aromatic rings. The molecule has 5 nitrogen and oxygen atoms in total. The first-order valence-corrected chi connectivity index (χ1v) is 3.61. The SMILES string of the molecule is CC(=O)OC(C)=O.O=C(Cl)C(=O)Cl. The van der Waals surface area contributed by atoms with Gasteiger partial charge in [-0.15, -0.1) is 0 Å². The maximum Gasteiger partial charge on any atom is 0.310 e. The molecule has 0 fully saturated rings. The third-order valence-electron chi connectivity index (χ3n) is 0.442. The van der Waals surface area contributed by atoms with E-state index in [9.17, 15) is 19.2 Å². The van der Waals surface area contributed by atoms with Crippen LogP contribution in [-0.2, 0) is 23.9 Å². The topological polar surface area (TPSA) is 77.5 Å². The van der Waals surface area contributed by atoms with Crippen molar-refractivity contribution in [3.05, 3.63) is 0 Å². The van der Waals surface area contributed by atoms with Gasteiger partial charge in [0.05, 0.1) is 0 Å². The monoisotopic (exact) mass is 228 g/mol. The van der Waals surface area contributed by atoms with Crippen molar-refractivity contribution in [2.24, 2.45) is 0 Å². The van der Waals surface area contributed by atoms with E-state index in [0.29, 0.717) is 0 Å². The minimum atomic E-state index is -1.14. The lowest BCUT2D eigenvalue weighted by molar-refractivity contribution is -0.156. The van der Waals surface area contributed by atoms with Gasteiger partial charge < -0.3 is 4.74 Å². The van der Waals surface area contributed by atoms with Crippen LogP contribution in [0.1, 0.15) is 13.8 Å². The molecule has 0 saturated carbocycles. The number of esters is 2. The van der Waals surface area contributed by atoms with Crippen molar-refractivity contribution in [2.75, 3.05) is 0 Å². The Morgan fingerprint density at radius 3 is 1.08 bits per heavy atom. The molecule has 0 amide bonds. The number of rotatable bonds is 1. The minimum Gasteiger partial charge on any atom is -0.394 e. The van der Waals surface area contributed by atoms with Gasteiger partial charge in [0.1, 0.15) is 0 Å². The van der Waals surface area contributed by atoms with Crippen molar-refractivity contribution in [2.45, 2.75) is 13.8 Å². The Morgan fingerprint density at radius 2 is 1.08 bits per heavy atom. The van der Waals surface area contributed by atoms with Crippen molar-refractivity contribution < 1.29 is 23.9 Å². The molecule has 0 radical (unpaired) electrons. The molecular weight excluding hydrogens is 223 g/mol. The lowest BCUT2D eigenvalue weighted by atomic mass is 10.7. The highest BCUT2D eigenvalue weighted by Crippen LogP contribution is 1.84. The average molecular weight is 229 g/mol. The number of carbonyl (C=O) groups is 4. The van der Waals surface area contributed by atoms with Crippen LogP contribution in [0.15, 0.2) is 0 Å². The van der Waals surface area contributed by atoms with Crippen LogP contribution < -0.4 is 0 Å². The lowest BCUT2D eigenvalue weighted by Gasteiger charge is -1.87. The Balaban J connectivity index is 0. The van der Waals surface area contributed by atoms with Gasteiger partial charge in [-0.2, -0.15) is 0 Å². The van der Waals surface area contributed by atoms with Gasteiger partial charge in [0.25, 0.3) is 0 Å². The van der Waals surface area contributed by atoms with Crippen LogP contribution in [0.2, 0.25) is 0 Å². The van der Waals surface area contributed by atoms with Crippen LogP contribution in [0.3, 0.4) is 0 Å². The van der Waals surface area contributed by atoms with Gasteiger partial charge in [0.15, 0.2) is 0 Å². The van der Waals surface area contributed by atoms with E-state index in [1.54, 1.807) is 0 Å². The van der Waals surface area contributed by atoms with Crippen LogP contribution in [0.25, 0.3) is 0 Å². The standard InChI is InChI=1S/C4H6O3.C2Cl2O2/c1-3(5)7-4(2)6;3-1(5)2(4)6/h1-2H3;. The maximum absolute atomic E-state index is 9.81. The van der Waals surface area contributed by atoms with E-state index >= 15 is 0 Å². The third kappa shape index (κ3) is 18.2. The summed E-state index contributed by atoms with van der Waals surface area (Å²) in [6, 6.07) is 0. The summed E-state index contributed by atoms with van der Waals surface area (Å²) in [5.41, 5.74) is 0. The molecule has 0 saturated heterocycles. The van der Waals surface area contributed by atoms with Gasteiger partial charge in [-0.3, -0.25) is 19.2 Å². The molecule has 0 aromatic heterocycles. The molecule has 0 N–H and O–H groups in total. The predicted octanol–water partition coefficient (Wildman–Crippen LogP) is 0.613. The van der Waals surface area contributed by atoms with E-state index in [1.165, 1.54) is 13.8 Å². The van der Waals surface area contributed by atoms with Crippen LogP contribution >= 0.6 is 23.2 Å². The number of ether oxygens (including phenoxy) is 1. The smallest absolute Gasteiger partial charge is 0.310 e. The molecule has 0 aliphatic carbocycles. The van der Waals surface area contributed by atoms with Crippen molar-refractivity contribution in [1.82, 2.24) is 0 Å². The van der Waals surface area contributed by atoms with Crippen LogP contribution in [0, 0.1) is 0 Å². The Labute approximate surface area is 83.9 Å². The van der Waals surface area contributed by atoms with Gasteiger partial charge in [-0.05, 0) is 23.2 Å².